The molecule has 1 atom stereocenters. The van der Waals surface area contributed by atoms with Crippen LogP contribution in [0.15, 0.2) is 42.7 Å². The summed E-state index contributed by atoms with van der Waals surface area (Å²) in [7, 11) is 0. The van der Waals surface area contributed by atoms with Gasteiger partial charge in [0, 0.05) is 24.5 Å². The van der Waals surface area contributed by atoms with Gasteiger partial charge in [0.1, 0.15) is 5.82 Å². The molecule has 0 bridgehead atoms. The molecule has 0 N–H and O–H groups in total. The summed E-state index contributed by atoms with van der Waals surface area (Å²) in [5, 5.41) is 0. The van der Waals surface area contributed by atoms with Gasteiger partial charge in [-0.15, -0.1) is 0 Å². The summed E-state index contributed by atoms with van der Waals surface area (Å²) in [6.07, 6.45) is 5.44. The van der Waals surface area contributed by atoms with Gasteiger partial charge in [-0.1, -0.05) is 0 Å². The van der Waals surface area contributed by atoms with Crippen LogP contribution in [0.5, 0.6) is 0 Å². The van der Waals surface area contributed by atoms with Gasteiger partial charge in [-0.3, -0.25) is 9.78 Å². The molecule has 1 aromatic carbocycles. The lowest BCUT2D eigenvalue weighted by Crippen LogP contribution is -2.31. The summed E-state index contributed by atoms with van der Waals surface area (Å²) in [5.74, 6) is -0.331. The van der Waals surface area contributed by atoms with Crippen LogP contribution in [0.3, 0.4) is 0 Å². The molecule has 1 aliphatic rings. The van der Waals surface area contributed by atoms with Crippen molar-refractivity contribution in [2.24, 2.45) is 0 Å². The summed E-state index contributed by atoms with van der Waals surface area (Å²) in [6.45, 7) is 2.51. The smallest absolute Gasteiger partial charge is 0.254 e. The van der Waals surface area contributed by atoms with Gasteiger partial charge in [0.25, 0.3) is 5.91 Å². The first kappa shape index (κ1) is 13.7. The third-order valence-corrected chi connectivity index (χ3v) is 4.02. The SMILES string of the molecule is Cc1cc(F)ccc1C(=O)N1CCCC1c1ccncc1. The molecule has 2 aromatic rings. The number of likely N-dealkylation sites (tertiary alicyclic amines) is 1. The second kappa shape index (κ2) is 5.64. The molecule has 1 unspecified atom stereocenters. The van der Waals surface area contributed by atoms with E-state index in [0.717, 1.165) is 24.9 Å². The molecule has 1 aromatic heterocycles. The Balaban J connectivity index is 1.90. The Morgan fingerprint density at radius 2 is 2.05 bits per heavy atom. The monoisotopic (exact) mass is 284 g/mol. The number of rotatable bonds is 2. The molecule has 0 radical (unpaired) electrons. The average molecular weight is 284 g/mol. The van der Waals surface area contributed by atoms with Crippen molar-refractivity contribution in [1.82, 2.24) is 9.88 Å². The van der Waals surface area contributed by atoms with Crippen LogP contribution in [-0.4, -0.2) is 22.3 Å². The quantitative estimate of drug-likeness (QED) is 0.845. The van der Waals surface area contributed by atoms with E-state index < -0.39 is 0 Å². The number of halogens is 1. The molecule has 3 rings (SSSR count). The Kier molecular flexibility index (Phi) is 3.69. The van der Waals surface area contributed by atoms with Crippen LogP contribution < -0.4 is 0 Å². The lowest BCUT2D eigenvalue weighted by Gasteiger charge is -2.25. The molecule has 4 heteroatoms. The highest BCUT2D eigenvalue weighted by Gasteiger charge is 2.31. The number of carbonyl (C=O) groups is 1. The van der Waals surface area contributed by atoms with E-state index in [4.69, 9.17) is 0 Å². The molecular weight excluding hydrogens is 267 g/mol. The molecule has 1 aliphatic heterocycles. The van der Waals surface area contributed by atoms with Crippen molar-refractivity contribution in [1.29, 1.82) is 0 Å². The Hall–Kier alpha value is -2.23. The van der Waals surface area contributed by atoms with E-state index in [0.29, 0.717) is 11.1 Å². The van der Waals surface area contributed by atoms with Gasteiger partial charge in [0.05, 0.1) is 6.04 Å². The number of benzene rings is 1. The minimum absolute atomic E-state index is 0.0215. The van der Waals surface area contributed by atoms with Crippen molar-refractivity contribution < 1.29 is 9.18 Å². The molecule has 108 valence electrons. The van der Waals surface area contributed by atoms with E-state index in [1.54, 1.807) is 25.4 Å². The number of hydrogen-bond acceptors (Lipinski definition) is 2. The van der Waals surface area contributed by atoms with Gasteiger partial charge >= 0.3 is 0 Å². The van der Waals surface area contributed by atoms with E-state index in [1.807, 2.05) is 17.0 Å². The lowest BCUT2D eigenvalue weighted by atomic mass is 10.0. The van der Waals surface area contributed by atoms with Crippen molar-refractivity contribution in [2.45, 2.75) is 25.8 Å². The Labute approximate surface area is 123 Å². The van der Waals surface area contributed by atoms with Crippen LogP contribution in [-0.2, 0) is 0 Å². The molecule has 1 saturated heterocycles. The molecule has 0 saturated carbocycles. The van der Waals surface area contributed by atoms with Crippen LogP contribution in [0.4, 0.5) is 4.39 Å². The first-order valence-corrected chi connectivity index (χ1v) is 7.14. The number of aryl methyl sites for hydroxylation is 1. The lowest BCUT2D eigenvalue weighted by molar-refractivity contribution is 0.0735. The summed E-state index contributed by atoms with van der Waals surface area (Å²) < 4.78 is 13.2. The molecule has 0 spiro atoms. The summed E-state index contributed by atoms with van der Waals surface area (Å²) >= 11 is 0. The Bertz CT molecular complexity index is 657. The van der Waals surface area contributed by atoms with Gasteiger partial charge < -0.3 is 4.90 Å². The highest BCUT2D eigenvalue weighted by atomic mass is 19.1. The molecule has 21 heavy (non-hydrogen) atoms. The number of nitrogens with zero attached hydrogens (tertiary/aromatic N) is 2. The maximum atomic E-state index is 13.2. The van der Waals surface area contributed by atoms with E-state index in [2.05, 4.69) is 4.98 Å². The third-order valence-electron chi connectivity index (χ3n) is 4.02. The average Bonchev–Trinajstić information content (AvgIpc) is 2.97. The molecule has 0 aliphatic carbocycles. The number of carbonyl (C=O) groups excluding carboxylic acids is 1. The number of amides is 1. The van der Waals surface area contributed by atoms with Gasteiger partial charge in [-0.25, -0.2) is 4.39 Å². The van der Waals surface area contributed by atoms with Crippen molar-refractivity contribution in [3.05, 3.63) is 65.2 Å². The maximum Gasteiger partial charge on any atom is 0.254 e. The topological polar surface area (TPSA) is 33.2 Å². The van der Waals surface area contributed by atoms with Crippen LogP contribution in [0.2, 0.25) is 0 Å². The van der Waals surface area contributed by atoms with Crippen molar-refractivity contribution in [2.75, 3.05) is 6.54 Å². The minimum Gasteiger partial charge on any atom is -0.332 e. The second-order valence-electron chi connectivity index (χ2n) is 5.40. The minimum atomic E-state index is -0.309. The standard InChI is InChI=1S/C17H17FN2O/c1-12-11-14(18)4-5-15(12)17(21)20-10-2-3-16(20)13-6-8-19-9-7-13/h4-9,11,16H,2-3,10H2,1H3. The number of aromatic nitrogens is 1. The first-order chi connectivity index (χ1) is 10.2. The van der Waals surface area contributed by atoms with Crippen molar-refractivity contribution in [3.8, 4) is 0 Å². The first-order valence-electron chi connectivity index (χ1n) is 7.14. The van der Waals surface area contributed by atoms with Gasteiger partial charge in [0.15, 0.2) is 0 Å². The van der Waals surface area contributed by atoms with E-state index in [-0.39, 0.29) is 17.8 Å². The normalized spacial score (nSPS) is 18.0. The van der Waals surface area contributed by atoms with Gasteiger partial charge in [0.2, 0.25) is 0 Å². The van der Waals surface area contributed by atoms with E-state index in [9.17, 15) is 9.18 Å². The number of hydrogen-bond donors (Lipinski definition) is 0. The summed E-state index contributed by atoms with van der Waals surface area (Å²) in [5.41, 5.74) is 2.37. The Morgan fingerprint density at radius 1 is 1.29 bits per heavy atom. The third kappa shape index (κ3) is 2.66. The fourth-order valence-electron chi connectivity index (χ4n) is 2.96. The van der Waals surface area contributed by atoms with E-state index in [1.165, 1.54) is 12.1 Å². The molecule has 2 heterocycles. The fraction of sp³-hybridized carbons (Fsp3) is 0.294. The zero-order valence-electron chi connectivity index (χ0n) is 11.9. The second-order valence-corrected chi connectivity index (χ2v) is 5.40. The Morgan fingerprint density at radius 3 is 2.76 bits per heavy atom. The summed E-state index contributed by atoms with van der Waals surface area (Å²) in [6, 6.07) is 8.32. The molecule has 1 fully saturated rings. The van der Waals surface area contributed by atoms with E-state index >= 15 is 0 Å². The van der Waals surface area contributed by atoms with Crippen LogP contribution in [0.25, 0.3) is 0 Å². The van der Waals surface area contributed by atoms with Crippen LogP contribution in [0.1, 0.15) is 40.4 Å². The highest BCUT2D eigenvalue weighted by molar-refractivity contribution is 5.96. The number of pyridine rings is 1. The fourth-order valence-corrected chi connectivity index (χ4v) is 2.96. The van der Waals surface area contributed by atoms with Crippen molar-refractivity contribution in [3.63, 3.8) is 0 Å². The molecular formula is C17H17FN2O. The van der Waals surface area contributed by atoms with Crippen LogP contribution in [0, 0.1) is 12.7 Å². The van der Waals surface area contributed by atoms with Crippen molar-refractivity contribution >= 4 is 5.91 Å². The maximum absolute atomic E-state index is 13.2. The predicted molar refractivity (Wildman–Crippen MR) is 78.4 cm³/mol. The zero-order chi connectivity index (χ0) is 14.8. The van der Waals surface area contributed by atoms with Gasteiger partial charge in [-0.2, -0.15) is 0 Å². The highest BCUT2D eigenvalue weighted by Crippen LogP contribution is 2.33. The summed E-state index contributed by atoms with van der Waals surface area (Å²) in [4.78, 5) is 18.7. The molecule has 1 amide bonds. The largest absolute Gasteiger partial charge is 0.332 e. The van der Waals surface area contributed by atoms with Crippen LogP contribution >= 0.6 is 0 Å². The molecule has 3 nitrogen and oxygen atoms in total. The predicted octanol–water partition coefficient (Wildman–Crippen LogP) is 3.51. The van der Waals surface area contributed by atoms with Gasteiger partial charge in [-0.05, 0) is 61.2 Å². The zero-order valence-corrected chi connectivity index (χ0v) is 11.9.